The van der Waals surface area contributed by atoms with Gasteiger partial charge >= 0.3 is 0 Å². The molecule has 0 saturated carbocycles. The fraction of sp³-hybridized carbons (Fsp3) is 0.500. The maximum absolute atomic E-state index is 11.9. The molecule has 1 aliphatic heterocycles. The van der Waals surface area contributed by atoms with Crippen LogP contribution in [0.4, 0.5) is 0 Å². The number of sulfone groups is 1. The van der Waals surface area contributed by atoms with E-state index in [-0.39, 0.29) is 5.75 Å². The Morgan fingerprint density at radius 2 is 2.13 bits per heavy atom. The van der Waals surface area contributed by atoms with Crippen LogP contribution in [-0.2, 0) is 21.0 Å². The molecule has 3 nitrogen and oxygen atoms in total. The van der Waals surface area contributed by atoms with E-state index in [9.17, 15) is 8.42 Å². The lowest BCUT2D eigenvalue weighted by Gasteiger charge is -2.31. The molecule has 0 radical (unpaired) electrons. The van der Waals surface area contributed by atoms with Crippen LogP contribution in [0, 0.1) is 0 Å². The average Bonchev–Trinajstić information content (AvgIpc) is 2.14. The SMILES string of the molecule is CC1(C)c2cc(Br)cnc2CCS1(=O)=O. The molecule has 0 atom stereocenters. The molecule has 1 aromatic heterocycles. The molecule has 1 aromatic rings. The van der Waals surface area contributed by atoms with Crippen molar-refractivity contribution in [2.45, 2.75) is 25.0 Å². The van der Waals surface area contributed by atoms with Crippen molar-refractivity contribution < 1.29 is 8.42 Å². The summed E-state index contributed by atoms with van der Waals surface area (Å²) >= 11 is 3.32. The third-order valence-electron chi connectivity index (χ3n) is 2.97. The number of halogens is 1. The van der Waals surface area contributed by atoms with Crippen LogP contribution in [-0.4, -0.2) is 19.2 Å². The van der Waals surface area contributed by atoms with Gasteiger partial charge in [0.2, 0.25) is 0 Å². The fourth-order valence-corrected chi connectivity index (χ4v) is 3.66. The molecule has 1 aliphatic rings. The van der Waals surface area contributed by atoms with E-state index in [1.807, 2.05) is 6.07 Å². The van der Waals surface area contributed by atoms with Crippen LogP contribution >= 0.6 is 15.9 Å². The smallest absolute Gasteiger partial charge is 0.160 e. The summed E-state index contributed by atoms with van der Waals surface area (Å²) < 4.78 is 23.9. The Morgan fingerprint density at radius 1 is 1.47 bits per heavy atom. The molecule has 2 heterocycles. The van der Waals surface area contributed by atoms with Gasteiger partial charge in [-0.15, -0.1) is 0 Å². The van der Waals surface area contributed by atoms with E-state index < -0.39 is 14.6 Å². The number of nitrogens with zero attached hydrogens (tertiary/aromatic N) is 1. The first-order chi connectivity index (χ1) is 6.84. The number of hydrogen-bond donors (Lipinski definition) is 0. The number of fused-ring (bicyclic) bond motifs is 1. The number of hydrogen-bond acceptors (Lipinski definition) is 3. The Hall–Kier alpha value is -0.420. The topological polar surface area (TPSA) is 47.0 Å². The van der Waals surface area contributed by atoms with Crippen molar-refractivity contribution in [2.24, 2.45) is 0 Å². The Morgan fingerprint density at radius 3 is 2.80 bits per heavy atom. The first-order valence-electron chi connectivity index (χ1n) is 4.72. The van der Waals surface area contributed by atoms with Crippen LogP contribution in [0.1, 0.15) is 25.1 Å². The zero-order valence-electron chi connectivity index (χ0n) is 8.62. The largest absolute Gasteiger partial charge is 0.260 e. The van der Waals surface area contributed by atoms with Crippen molar-refractivity contribution in [3.8, 4) is 0 Å². The molecule has 0 unspecified atom stereocenters. The molecule has 15 heavy (non-hydrogen) atoms. The quantitative estimate of drug-likeness (QED) is 0.734. The summed E-state index contributed by atoms with van der Waals surface area (Å²) in [6.45, 7) is 3.49. The van der Waals surface area contributed by atoms with Crippen molar-refractivity contribution in [1.29, 1.82) is 0 Å². The molecular formula is C10H12BrNO2S. The van der Waals surface area contributed by atoms with E-state index in [0.717, 1.165) is 15.7 Å². The summed E-state index contributed by atoms with van der Waals surface area (Å²) in [5.74, 6) is 0.196. The molecule has 0 N–H and O–H groups in total. The van der Waals surface area contributed by atoms with Gasteiger partial charge in [-0.3, -0.25) is 4.98 Å². The predicted molar refractivity (Wildman–Crippen MR) is 62.5 cm³/mol. The van der Waals surface area contributed by atoms with Crippen LogP contribution in [0.2, 0.25) is 0 Å². The second kappa shape index (κ2) is 3.28. The van der Waals surface area contributed by atoms with Crippen LogP contribution < -0.4 is 0 Å². The first kappa shape index (κ1) is 11.1. The second-order valence-electron chi connectivity index (χ2n) is 4.23. The molecular weight excluding hydrogens is 278 g/mol. The lowest BCUT2D eigenvalue weighted by Crippen LogP contribution is -2.37. The summed E-state index contributed by atoms with van der Waals surface area (Å²) in [6.07, 6.45) is 2.24. The van der Waals surface area contributed by atoms with Gasteiger partial charge < -0.3 is 0 Å². The zero-order chi connectivity index (χ0) is 11.3. The number of pyridine rings is 1. The van der Waals surface area contributed by atoms with Crippen LogP contribution in [0.5, 0.6) is 0 Å². The highest BCUT2D eigenvalue weighted by molar-refractivity contribution is 9.10. The number of rotatable bonds is 0. The second-order valence-corrected chi connectivity index (χ2v) is 7.80. The van der Waals surface area contributed by atoms with Crippen molar-refractivity contribution in [3.63, 3.8) is 0 Å². The third-order valence-corrected chi connectivity index (χ3v) is 5.92. The maximum Gasteiger partial charge on any atom is 0.160 e. The standard InChI is InChI=1S/C10H12BrNO2S/c1-10(2)8-5-7(11)6-12-9(8)3-4-15(10,13)14/h5-6H,3-4H2,1-2H3. The van der Waals surface area contributed by atoms with Gasteiger partial charge in [0.25, 0.3) is 0 Å². The highest BCUT2D eigenvalue weighted by Gasteiger charge is 2.41. The van der Waals surface area contributed by atoms with Crippen molar-refractivity contribution >= 4 is 25.8 Å². The molecule has 82 valence electrons. The maximum atomic E-state index is 11.9. The summed E-state index contributed by atoms with van der Waals surface area (Å²) in [4.78, 5) is 4.27. The van der Waals surface area contributed by atoms with E-state index in [1.165, 1.54) is 0 Å². The molecule has 0 saturated heterocycles. The van der Waals surface area contributed by atoms with E-state index in [0.29, 0.717) is 6.42 Å². The Bertz CT molecular complexity index is 508. The molecule has 0 aromatic carbocycles. The minimum atomic E-state index is -3.05. The van der Waals surface area contributed by atoms with Crippen LogP contribution in [0.25, 0.3) is 0 Å². The Balaban J connectivity index is 2.71. The fourth-order valence-electron chi connectivity index (χ4n) is 1.84. The molecule has 0 bridgehead atoms. The number of aryl methyl sites for hydroxylation is 1. The normalized spacial score (nSPS) is 22.1. The summed E-state index contributed by atoms with van der Waals surface area (Å²) in [6, 6.07) is 1.86. The van der Waals surface area contributed by atoms with E-state index >= 15 is 0 Å². The molecule has 0 fully saturated rings. The van der Waals surface area contributed by atoms with Gasteiger partial charge in [0.05, 0.1) is 10.5 Å². The van der Waals surface area contributed by atoms with Gasteiger partial charge in [0.1, 0.15) is 0 Å². The van der Waals surface area contributed by atoms with Crippen LogP contribution in [0.15, 0.2) is 16.7 Å². The van der Waals surface area contributed by atoms with Gasteiger partial charge in [0, 0.05) is 22.8 Å². The van der Waals surface area contributed by atoms with Gasteiger partial charge in [0.15, 0.2) is 9.84 Å². The number of aromatic nitrogens is 1. The highest BCUT2D eigenvalue weighted by Crippen LogP contribution is 2.37. The van der Waals surface area contributed by atoms with Gasteiger partial charge in [-0.25, -0.2) is 8.42 Å². The minimum Gasteiger partial charge on any atom is -0.260 e. The molecule has 0 aliphatic carbocycles. The van der Waals surface area contributed by atoms with Gasteiger partial charge in [-0.05, 0) is 41.4 Å². The third kappa shape index (κ3) is 1.61. The first-order valence-corrected chi connectivity index (χ1v) is 7.16. The van der Waals surface area contributed by atoms with E-state index in [2.05, 4.69) is 20.9 Å². The Labute approximate surface area is 98.0 Å². The van der Waals surface area contributed by atoms with Gasteiger partial charge in [-0.1, -0.05) is 0 Å². The molecule has 2 rings (SSSR count). The lowest BCUT2D eigenvalue weighted by molar-refractivity contribution is 0.543. The predicted octanol–water partition coefficient (Wildman–Crippen LogP) is 2.05. The summed E-state index contributed by atoms with van der Waals surface area (Å²) in [5.41, 5.74) is 1.72. The minimum absolute atomic E-state index is 0.196. The van der Waals surface area contributed by atoms with Crippen molar-refractivity contribution in [2.75, 3.05) is 5.75 Å². The van der Waals surface area contributed by atoms with Crippen LogP contribution in [0.3, 0.4) is 0 Å². The van der Waals surface area contributed by atoms with Crippen molar-refractivity contribution in [3.05, 3.63) is 28.0 Å². The summed E-state index contributed by atoms with van der Waals surface area (Å²) in [7, 11) is -3.05. The molecule has 0 spiro atoms. The monoisotopic (exact) mass is 289 g/mol. The Kier molecular flexibility index (Phi) is 2.43. The van der Waals surface area contributed by atoms with E-state index in [1.54, 1.807) is 20.0 Å². The summed E-state index contributed by atoms with van der Waals surface area (Å²) in [5, 5.41) is 0. The lowest BCUT2D eigenvalue weighted by atomic mass is 9.99. The van der Waals surface area contributed by atoms with Crippen molar-refractivity contribution in [1.82, 2.24) is 4.98 Å². The molecule has 5 heteroatoms. The highest BCUT2D eigenvalue weighted by atomic mass is 79.9. The van der Waals surface area contributed by atoms with Gasteiger partial charge in [-0.2, -0.15) is 0 Å². The zero-order valence-corrected chi connectivity index (χ0v) is 11.0. The average molecular weight is 290 g/mol. The van der Waals surface area contributed by atoms with E-state index in [4.69, 9.17) is 0 Å². The molecule has 0 amide bonds.